The normalized spacial score (nSPS) is 18.3. The van der Waals surface area contributed by atoms with Gasteiger partial charge in [-0.2, -0.15) is 4.98 Å². The third-order valence-electron chi connectivity index (χ3n) is 4.27. The predicted molar refractivity (Wildman–Crippen MR) is 91.0 cm³/mol. The zero-order valence-corrected chi connectivity index (χ0v) is 14.3. The van der Waals surface area contributed by atoms with Gasteiger partial charge in [0.15, 0.2) is 0 Å². The number of fused-ring (bicyclic) bond motifs is 1. The summed E-state index contributed by atoms with van der Waals surface area (Å²) in [5.41, 5.74) is 1.27. The molecule has 1 aliphatic rings. The van der Waals surface area contributed by atoms with Gasteiger partial charge in [-0.05, 0) is 60.1 Å². The van der Waals surface area contributed by atoms with E-state index in [1.54, 1.807) is 17.3 Å². The van der Waals surface area contributed by atoms with Crippen LogP contribution in [0.3, 0.4) is 0 Å². The van der Waals surface area contributed by atoms with Gasteiger partial charge in [-0.25, -0.2) is 4.98 Å². The quantitative estimate of drug-likeness (QED) is 0.760. The highest BCUT2D eigenvalue weighted by Crippen LogP contribution is 2.40. The minimum Gasteiger partial charge on any atom is -0.366 e. The Kier molecular flexibility index (Phi) is 4.10. The Morgan fingerprint density at radius 3 is 2.62 bits per heavy atom. The van der Waals surface area contributed by atoms with Crippen LogP contribution in [0.15, 0.2) is 11.4 Å². The molecule has 1 aliphatic carbocycles. The molecule has 0 bridgehead atoms. The smallest absolute Gasteiger partial charge is 0.224 e. The molecule has 3 nitrogen and oxygen atoms in total. The van der Waals surface area contributed by atoms with E-state index in [1.165, 1.54) is 25.7 Å². The molecule has 0 atom stereocenters. The first-order valence-corrected chi connectivity index (χ1v) is 8.72. The Hall–Kier alpha value is -0.870. The molecule has 0 aliphatic heterocycles. The number of rotatable bonds is 2. The molecule has 3 rings (SSSR count). The molecule has 1 radical (unpaired) electrons. The summed E-state index contributed by atoms with van der Waals surface area (Å²) >= 11 is 7.68. The van der Waals surface area contributed by atoms with Gasteiger partial charge in [0.2, 0.25) is 5.28 Å². The highest BCUT2D eigenvalue weighted by molar-refractivity contribution is 7.17. The molecule has 1 fully saturated rings. The van der Waals surface area contributed by atoms with E-state index in [2.05, 4.69) is 36.1 Å². The van der Waals surface area contributed by atoms with Gasteiger partial charge in [0.05, 0.1) is 10.2 Å². The van der Waals surface area contributed by atoms with E-state index < -0.39 is 0 Å². The van der Waals surface area contributed by atoms with Crippen LogP contribution >= 0.6 is 22.9 Å². The molecule has 113 valence electrons. The Bertz CT molecular complexity index is 624. The van der Waals surface area contributed by atoms with Gasteiger partial charge in [-0.1, -0.05) is 20.8 Å². The van der Waals surface area contributed by atoms with Gasteiger partial charge in [0.1, 0.15) is 5.82 Å². The Morgan fingerprint density at radius 2 is 1.95 bits per heavy atom. The maximum atomic E-state index is 6.02. The van der Waals surface area contributed by atoms with E-state index in [1.807, 2.05) is 11.4 Å². The van der Waals surface area contributed by atoms with Crippen molar-refractivity contribution in [2.24, 2.45) is 5.41 Å². The Labute approximate surface area is 135 Å². The van der Waals surface area contributed by atoms with E-state index in [0.717, 1.165) is 16.0 Å². The fraction of sp³-hybridized carbons (Fsp3) is 0.562. The van der Waals surface area contributed by atoms with Crippen LogP contribution in [0.25, 0.3) is 10.2 Å². The first-order valence-electron chi connectivity index (χ1n) is 7.46. The van der Waals surface area contributed by atoms with Crippen molar-refractivity contribution in [3.05, 3.63) is 22.6 Å². The molecule has 21 heavy (non-hydrogen) atoms. The van der Waals surface area contributed by atoms with E-state index in [0.29, 0.717) is 16.7 Å². The van der Waals surface area contributed by atoms with Gasteiger partial charge in [-0.15, -0.1) is 11.3 Å². The fourth-order valence-corrected chi connectivity index (χ4v) is 3.95. The van der Waals surface area contributed by atoms with E-state index in [-0.39, 0.29) is 0 Å². The summed E-state index contributed by atoms with van der Waals surface area (Å²) in [5.74, 6) is 2.58. The first kappa shape index (κ1) is 15.0. The van der Waals surface area contributed by atoms with Gasteiger partial charge >= 0.3 is 0 Å². The number of anilines is 1. The average molecular weight is 323 g/mol. The predicted octanol–water partition coefficient (Wildman–Crippen LogP) is 5.32. The van der Waals surface area contributed by atoms with Gasteiger partial charge in [0.25, 0.3) is 0 Å². The van der Waals surface area contributed by atoms with E-state index in [4.69, 9.17) is 11.6 Å². The van der Waals surface area contributed by atoms with Gasteiger partial charge in [0, 0.05) is 6.04 Å². The standard InChI is InChI=1S/C16H21ClN3S/c1-16(2,3)10-4-6-11(7-5-10)18-14-13-12(8-9-21-13)19-15(17)20-14/h8-9,11H,4-7H2,1-3H3,(H,18,19,20). The molecule has 0 saturated heterocycles. The molecule has 0 unspecified atom stereocenters. The number of hydrogen-bond donors (Lipinski definition) is 1. The summed E-state index contributed by atoms with van der Waals surface area (Å²) in [4.78, 5) is 8.64. The summed E-state index contributed by atoms with van der Waals surface area (Å²) in [7, 11) is 0. The monoisotopic (exact) mass is 322 g/mol. The molecule has 1 saturated carbocycles. The van der Waals surface area contributed by atoms with Crippen LogP contribution in [0.4, 0.5) is 5.82 Å². The van der Waals surface area contributed by atoms with Gasteiger partial charge < -0.3 is 5.32 Å². The lowest BCUT2D eigenvalue weighted by Crippen LogP contribution is -2.30. The number of halogens is 1. The van der Waals surface area contributed by atoms with E-state index >= 15 is 0 Å². The Balaban J connectivity index is 1.71. The number of nitrogens with one attached hydrogen (secondary N) is 1. The maximum absolute atomic E-state index is 6.02. The summed E-state index contributed by atoms with van der Waals surface area (Å²) in [6, 6.07) is 2.47. The lowest BCUT2D eigenvalue weighted by molar-refractivity contribution is 0.332. The first-order chi connectivity index (χ1) is 9.93. The minimum absolute atomic E-state index is 0.321. The van der Waals surface area contributed by atoms with Crippen molar-refractivity contribution in [3.63, 3.8) is 0 Å². The molecule has 0 aromatic carbocycles. The molecule has 2 aromatic rings. The van der Waals surface area contributed by atoms with Crippen LogP contribution in [0.1, 0.15) is 46.5 Å². The zero-order chi connectivity index (χ0) is 15.0. The molecular weight excluding hydrogens is 302 g/mol. The van der Waals surface area contributed by atoms with Crippen molar-refractivity contribution in [2.45, 2.75) is 52.5 Å². The largest absolute Gasteiger partial charge is 0.366 e. The molecule has 1 N–H and O–H groups in total. The minimum atomic E-state index is 0.321. The van der Waals surface area contributed by atoms with Crippen molar-refractivity contribution in [1.29, 1.82) is 0 Å². The average Bonchev–Trinajstić information content (AvgIpc) is 2.86. The van der Waals surface area contributed by atoms with Crippen LogP contribution in [0, 0.1) is 11.3 Å². The van der Waals surface area contributed by atoms with Crippen molar-refractivity contribution < 1.29 is 0 Å². The molecule has 2 heterocycles. The van der Waals surface area contributed by atoms with Crippen molar-refractivity contribution in [2.75, 3.05) is 5.32 Å². The highest BCUT2D eigenvalue weighted by Gasteiger charge is 2.30. The molecule has 0 spiro atoms. The van der Waals surface area contributed by atoms with Crippen LogP contribution < -0.4 is 5.32 Å². The lowest BCUT2D eigenvalue weighted by Gasteiger charge is -2.36. The maximum Gasteiger partial charge on any atom is 0.224 e. The third kappa shape index (κ3) is 3.32. The lowest BCUT2D eigenvalue weighted by atomic mass is 9.71. The molecule has 0 amide bonds. The second-order valence-corrected chi connectivity index (χ2v) is 8.00. The summed E-state index contributed by atoms with van der Waals surface area (Å²) < 4.78 is 1.10. The SMILES string of the molecule is CC(C)(C)[C]1CCC(Nc2nc(Cl)nc3ccsc23)CC1. The van der Waals surface area contributed by atoms with Crippen molar-refractivity contribution in [3.8, 4) is 0 Å². The number of thiophene rings is 1. The van der Waals surface area contributed by atoms with Crippen LogP contribution in [-0.2, 0) is 0 Å². The van der Waals surface area contributed by atoms with Crippen molar-refractivity contribution >= 4 is 39.0 Å². The summed E-state index contributed by atoms with van der Waals surface area (Å²) in [6.07, 6.45) is 4.74. The zero-order valence-electron chi connectivity index (χ0n) is 12.7. The number of nitrogens with zero attached hydrogens (tertiary/aromatic N) is 2. The number of aromatic nitrogens is 2. The third-order valence-corrected chi connectivity index (χ3v) is 5.35. The molecule has 2 aromatic heterocycles. The van der Waals surface area contributed by atoms with Crippen LogP contribution in [-0.4, -0.2) is 16.0 Å². The second-order valence-electron chi connectivity index (χ2n) is 6.75. The molecule has 5 heteroatoms. The summed E-state index contributed by atoms with van der Waals surface area (Å²) in [5, 5.41) is 5.94. The van der Waals surface area contributed by atoms with Crippen LogP contribution in [0.2, 0.25) is 5.28 Å². The van der Waals surface area contributed by atoms with E-state index in [9.17, 15) is 0 Å². The Morgan fingerprint density at radius 1 is 1.24 bits per heavy atom. The highest BCUT2D eigenvalue weighted by atomic mass is 35.5. The second kappa shape index (κ2) is 5.73. The van der Waals surface area contributed by atoms with Crippen molar-refractivity contribution in [1.82, 2.24) is 9.97 Å². The fourth-order valence-electron chi connectivity index (χ4n) is 2.99. The topological polar surface area (TPSA) is 37.8 Å². The number of hydrogen-bond acceptors (Lipinski definition) is 4. The molecular formula is C16H21ClN3S. The summed E-state index contributed by atoms with van der Waals surface area (Å²) in [6.45, 7) is 6.94. The van der Waals surface area contributed by atoms with Gasteiger partial charge in [-0.3, -0.25) is 0 Å². The van der Waals surface area contributed by atoms with Crippen LogP contribution in [0.5, 0.6) is 0 Å².